The van der Waals surface area contributed by atoms with Crippen LogP contribution in [0.5, 0.6) is 5.75 Å². The van der Waals surface area contributed by atoms with Gasteiger partial charge in [-0.2, -0.15) is 0 Å². The fourth-order valence-corrected chi connectivity index (χ4v) is 5.16. The minimum absolute atomic E-state index is 0.0623. The van der Waals surface area contributed by atoms with Gasteiger partial charge in [0.25, 0.3) is 0 Å². The van der Waals surface area contributed by atoms with Crippen LogP contribution in [0, 0.1) is 5.92 Å². The maximum absolute atomic E-state index is 13.7. The number of ether oxygens (including phenoxy) is 2. The van der Waals surface area contributed by atoms with Crippen molar-refractivity contribution in [3.05, 3.63) is 42.0 Å². The van der Waals surface area contributed by atoms with Crippen molar-refractivity contribution in [2.24, 2.45) is 5.92 Å². The first-order chi connectivity index (χ1) is 17.0. The van der Waals surface area contributed by atoms with Crippen LogP contribution in [0.3, 0.4) is 0 Å². The number of benzene rings is 1. The molecule has 3 aliphatic rings. The lowest BCUT2D eigenvalue weighted by Crippen LogP contribution is -2.55. The monoisotopic (exact) mass is 483 g/mol. The molecule has 0 spiro atoms. The van der Waals surface area contributed by atoms with Crippen molar-refractivity contribution in [3.8, 4) is 5.75 Å². The Kier molecular flexibility index (Phi) is 7.98. The summed E-state index contributed by atoms with van der Waals surface area (Å²) < 4.78 is 10.6. The average molecular weight is 484 g/mol. The molecule has 2 heterocycles. The molecular weight excluding hydrogens is 446 g/mol. The van der Waals surface area contributed by atoms with Gasteiger partial charge in [0.05, 0.1) is 13.7 Å². The van der Waals surface area contributed by atoms with E-state index < -0.39 is 11.6 Å². The SMILES string of the molecule is CCOC(=O)[C@@]12C[C@@H]1/C=C\CCCCCN(Cc1ccc(OC)cc1)C(=O)N1CCC[C@H]1C(=O)N2. The third-order valence-electron chi connectivity index (χ3n) is 7.27. The predicted molar refractivity (Wildman–Crippen MR) is 132 cm³/mol. The topological polar surface area (TPSA) is 88.2 Å². The molecule has 35 heavy (non-hydrogen) atoms. The molecule has 4 rings (SSSR count). The zero-order valence-corrected chi connectivity index (χ0v) is 20.8. The van der Waals surface area contributed by atoms with Crippen molar-refractivity contribution in [1.82, 2.24) is 15.1 Å². The number of allylic oxidation sites excluding steroid dienone is 1. The van der Waals surface area contributed by atoms with E-state index in [-0.39, 0.29) is 30.4 Å². The molecule has 8 nitrogen and oxygen atoms in total. The van der Waals surface area contributed by atoms with Crippen LogP contribution in [0.4, 0.5) is 4.79 Å². The highest BCUT2D eigenvalue weighted by atomic mass is 16.5. The van der Waals surface area contributed by atoms with Crippen molar-refractivity contribution in [2.45, 2.75) is 70.0 Å². The second-order valence-electron chi connectivity index (χ2n) is 9.67. The number of rotatable bonds is 5. The average Bonchev–Trinajstić information content (AvgIpc) is 3.32. The van der Waals surface area contributed by atoms with Crippen molar-refractivity contribution in [2.75, 3.05) is 26.8 Å². The quantitative estimate of drug-likeness (QED) is 0.510. The Morgan fingerprint density at radius 2 is 1.91 bits per heavy atom. The fraction of sp³-hybridized carbons (Fsp3) is 0.593. The Balaban J connectivity index is 1.55. The maximum atomic E-state index is 13.7. The summed E-state index contributed by atoms with van der Waals surface area (Å²) in [6.45, 7) is 3.68. The highest BCUT2D eigenvalue weighted by Gasteiger charge is 2.62. The molecular formula is C27H37N3O5. The van der Waals surface area contributed by atoms with Crippen LogP contribution in [-0.2, 0) is 20.9 Å². The van der Waals surface area contributed by atoms with Crippen LogP contribution in [0.25, 0.3) is 0 Å². The largest absolute Gasteiger partial charge is 0.497 e. The number of nitrogens with one attached hydrogen (secondary N) is 1. The van der Waals surface area contributed by atoms with Crippen molar-refractivity contribution >= 4 is 17.9 Å². The van der Waals surface area contributed by atoms with E-state index in [9.17, 15) is 14.4 Å². The second-order valence-corrected chi connectivity index (χ2v) is 9.67. The second kappa shape index (κ2) is 11.1. The van der Waals surface area contributed by atoms with Gasteiger partial charge in [-0.15, -0.1) is 0 Å². The summed E-state index contributed by atoms with van der Waals surface area (Å²) in [5.41, 5.74) is 0.00595. The Bertz CT molecular complexity index is 947. The summed E-state index contributed by atoms with van der Waals surface area (Å²) in [4.78, 5) is 43.4. The van der Waals surface area contributed by atoms with Crippen LogP contribution < -0.4 is 10.1 Å². The predicted octanol–water partition coefficient (Wildman–Crippen LogP) is 3.65. The van der Waals surface area contributed by atoms with Crippen LogP contribution in [0.15, 0.2) is 36.4 Å². The third-order valence-corrected chi connectivity index (χ3v) is 7.27. The molecule has 190 valence electrons. The van der Waals surface area contributed by atoms with Crippen molar-refractivity contribution in [1.29, 1.82) is 0 Å². The Morgan fingerprint density at radius 3 is 2.66 bits per heavy atom. The first kappa shape index (κ1) is 25.1. The molecule has 0 unspecified atom stereocenters. The van der Waals surface area contributed by atoms with Gasteiger partial charge in [0, 0.05) is 25.6 Å². The van der Waals surface area contributed by atoms with E-state index in [4.69, 9.17) is 9.47 Å². The summed E-state index contributed by atoms with van der Waals surface area (Å²) in [6, 6.07) is 7.03. The van der Waals surface area contributed by atoms with Gasteiger partial charge in [0.1, 0.15) is 17.3 Å². The van der Waals surface area contributed by atoms with Gasteiger partial charge in [-0.25, -0.2) is 9.59 Å². The number of hydrogen-bond acceptors (Lipinski definition) is 5. The first-order valence-corrected chi connectivity index (χ1v) is 12.8. The van der Waals surface area contributed by atoms with Crippen LogP contribution in [0.1, 0.15) is 57.4 Å². The minimum atomic E-state index is -1.01. The Hall–Kier alpha value is -3.03. The standard InChI is InChI=1S/C27H37N3O5/c1-3-35-25(32)27-18-21(27)10-7-5-4-6-8-16-29(19-20-12-14-22(34-2)15-13-20)26(33)30-17-9-11-23(30)24(31)28-27/h7,10,12-15,21,23H,3-6,8-9,11,16-19H2,1-2H3,(H,28,31)/b10-7-/t21-,23-,27+/m0/s1. The lowest BCUT2D eigenvalue weighted by Gasteiger charge is -2.32. The molecule has 0 radical (unpaired) electrons. The number of methoxy groups -OCH3 is 1. The van der Waals surface area contributed by atoms with Crippen molar-refractivity contribution < 1.29 is 23.9 Å². The Morgan fingerprint density at radius 1 is 1.11 bits per heavy atom. The number of esters is 1. The van der Waals surface area contributed by atoms with E-state index in [1.54, 1.807) is 18.9 Å². The number of carbonyl (C=O) groups excluding carboxylic acids is 3. The van der Waals surface area contributed by atoms with Gasteiger partial charge >= 0.3 is 12.0 Å². The molecule has 1 aromatic carbocycles. The van der Waals surface area contributed by atoms with Gasteiger partial charge in [0.2, 0.25) is 5.91 Å². The molecule has 1 aliphatic carbocycles. The minimum Gasteiger partial charge on any atom is -0.497 e. The van der Waals surface area contributed by atoms with Crippen LogP contribution in [-0.4, -0.2) is 66.1 Å². The number of amides is 3. The summed E-state index contributed by atoms with van der Waals surface area (Å²) in [5, 5.41) is 3.00. The Labute approximate surface area is 207 Å². The maximum Gasteiger partial charge on any atom is 0.332 e. The number of hydrogen-bond donors (Lipinski definition) is 1. The molecule has 3 amide bonds. The molecule has 2 fully saturated rings. The molecule has 0 aromatic heterocycles. The molecule has 8 heteroatoms. The van der Waals surface area contributed by atoms with E-state index in [2.05, 4.69) is 11.4 Å². The fourth-order valence-electron chi connectivity index (χ4n) is 5.16. The zero-order chi connectivity index (χ0) is 24.8. The van der Waals surface area contributed by atoms with Gasteiger partial charge in [-0.3, -0.25) is 4.79 Å². The van der Waals surface area contributed by atoms with Crippen LogP contribution in [0.2, 0.25) is 0 Å². The van der Waals surface area contributed by atoms with Gasteiger partial charge < -0.3 is 24.6 Å². The molecule has 2 aliphatic heterocycles. The highest BCUT2D eigenvalue weighted by Crippen LogP contribution is 2.46. The van der Waals surface area contributed by atoms with Gasteiger partial charge in [-0.1, -0.05) is 30.7 Å². The number of urea groups is 1. The molecule has 1 N–H and O–H groups in total. The van der Waals surface area contributed by atoms with E-state index >= 15 is 0 Å². The summed E-state index contributed by atoms with van der Waals surface area (Å²) in [7, 11) is 1.63. The lowest BCUT2D eigenvalue weighted by molar-refractivity contribution is -0.149. The smallest absolute Gasteiger partial charge is 0.332 e. The van der Waals surface area contributed by atoms with Crippen molar-refractivity contribution in [3.63, 3.8) is 0 Å². The number of fused-ring (bicyclic) bond motifs is 2. The normalized spacial score (nSPS) is 28.2. The summed E-state index contributed by atoms with van der Waals surface area (Å²) >= 11 is 0. The van der Waals surface area contributed by atoms with Gasteiger partial charge in [0.15, 0.2) is 0 Å². The summed E-state index contributed by atoms with van der Waals surface area (Å²) in [6.07, 6.45) is 9.87. The van der Waals surface area contributed by atoms with E-state index in [1.807, 2.05) is 35.2 Å². The molecule has 3 atom stereocenters. The molecule has 1 aromatic rings. The molecule has 0 bridgehead atoms. The van der Waals surface area contributed by atoms with E-state index in [0.717, 1.165) is 43.4 Å². The van der Waals surface area contributed by atoms with Gasteiger partial charge in [-0.05, 0) is 63.1 Å². The summed E-state index contributed by atoms with van der Waals surface area (Å²) in [5.74, 6) is 0.0616. The zero-order valence-electron chi connectivity index (χ0n) is 20.8. The molecule has 1 saturated heterocycles. The number of carbonyl (C=O) groups is 3. The number of nitrogens with zero attached hydrogens (tertiary/aromatic N) is 2. The molecule has 1 saturated carbocycles. The van der Waals surface area contributed by atoms with E-state index in [1.165, 1.54) is 0 Å². The van der Waals surface area contributed by atoms with E-state index in [0.29, 0.717) is 32.5 Å². The third kappa shape index (κ3) is 5.63. The first-order valence-electron chi connectivity index (χ1n) is 12.8. The highest BCUT2D eigenvalue weighted by molar-refractivity contribution is 5.95. The lowest BCUT2D eigenvalue weighted by atomic mass is 10.1. The van der Waals surface area contributed by atoms with Crippen LogP contribution >= 0.6 is 0 Å².